The Balaban J connectivity index is 0.000000301. The number of nitrogens with zero attached hydrogens (tertiary/aromatic N) is 2. The molecular formula is C57H49F3IrN2O-2. The minimum atomic E-state index is -5.26. The van der Waals surface area contributed by atoms with E-state index in [4.69, 9.17) is 19.5 Å². The van der Waals surface area contributed by atoms with Gasteiger partial charge in [0.25, 0.3) is 0 Å². The predicted octanol–water partition coefficient (Wildman–Crippen LogP) is 16.3. The Hall–Kier alpha value is -6.14. The average Bonchev–Trinajstić information content (AvgIpc) is 3.84. The maximum absolute atomic E-state index is 13.0. The van der Waals surface area contributed by atoms with Crippen LogP contribution in [0.5, 0.6) is 0 Å². The second-order valence-corrected chi connectivity index (χ2v) is 15.4. The van der Waals surface area contributed by atoms with Gasteiger partial charge in [-0.2, -0.15) is 13.2 Å². The number of aryl methyl sites for hydroxylation is 3. The Kier molecular flexibility index (Phi) is 9.55. The van der Waals surface area contributed by atoms with Crippen molar-refractivity contribution in [1.82, 2.24) is 9.97 Å². The molecule has 0 fully saturated rings. The quantitative estimate of drug-likeness (QED) is 0.142. The number of rotatable bonds is 8. The van der Waals surface area contributed by atoms with Gasteiger partial charge in [0.05, 0.1) is 12.0 Å². The van der Waals surface area contributed by atoms with Crippen LogP contribution in [0.1, 0.15) is 90.7 Å². The summed E-state index contributed by atoms with van der Waals surface area (Å²) in [4.78, 5) is 8.47. The molecule has 3 nitrogen and oxygen atoms in total. The SMILES string of the molecule is [2H]C([2H])([2H])c1ccc2c(c1)oc1c(-c3cc(-c4c(C([2H])(C)C)cc(-c5ccc(-c6ccccc6)cc5)cc4C([2H])(C)C)c(C([2H])([2H])[2H])cn3)[c-]ccc12.[2H]C([2H])([2H])c1cnc(-c2[c-]cccc2)cc1C([2H])([2H])C(F)(F)F.[Ir]. The standard InChI is InChI=1S/C43H38NO.C14H11F3N.Ir/c1-26(2)37-22-33(32-18-16-31(17-19-32)30-11-8-7-9-12-30)23-38(27(3)4)42(37)39-24-40(44-25-29(39)6)36-14-10-13-35-34-20-15-28(5)21-41(34)45-43(35)36;1-10-9-18-13(11-5-3-2-4-6-11)7-12(10)8-14(15,16)17;/h7-13,15-27H,1-6H3;2-5,7,9H,8H2,1H3;/q2*-1;/i5D3,6D3,26D,27D;1D3,8D2;. The normalized spacial score (nSPS) is 15.6. The van der Waals surface area contributed by atoms with Crippen molar-refractivity contribution >= 4 is 21.9 Å². The van der Waals surface area contributed by atoms with Crippen LogP contribution in [-0.4, -0.2) is 16.1 Å². The number of aromatic nitrogens is 2. The van der Waals surface area contributed by atoms with Gasteiger partial charge in [0.15, 0.2) is 0 Å². The van der Waals surface area contributed by atoms with Crippen LogP contribution in [0.3, 0.4) is 0 Å². The number of halogens is 3. The van der Waals surface area contributed by atoms with Gasteiger partial charge in [0.1, 0.15) is 5.58 Å². The molecule has 0 saturated heterocycles. The third-order valence-electron chi connectivity index (χ3n) is 10.6. The summed E-state index contributed by atoms with van der Waals surface area (Å²) in [5.74, 6) is -2.40. The van der Waals surface area contributed by atoms with Crippen molar-refractivity contribution in [1.29, 1.82) is 0 Å². The van der Waals surface area contributed by atoms with Crippen LogP contribution in [-0.2, 0) is 26.5 Å². The van der Waals surface area contributed by atoms with E-state index >= 15 is 0 Å². The molecule has 0 unspecified atom stereocenters. The molecule has 0 bridgehead atoms. The second kappa shape index (κ2) is 19.3. The molecule has 0 spiro atoms. The molecule has 7 heteroatoms. The van der Waals surface area contributed by atoms with Gasteiger partial charge in [-0.3, -0.25) is 0 Å². The third-order valence-corrected chi connectivity index (χ3v) is 10.6. The van der Waals surface area contributed by atoms with Crippen molar-refractivity contribution in [3.63, 3.8) is 0 Å². The van der Waals surface area contributed by atoms with Crippen LogP contribution in [0.4, 0.5) is 13.2 Å². The van der Waals surface area contributed by atoms with Gasteiger partial charge >= 0.3 is 6.18 Å². The van der Waals surface area contributed by atoms with E-state index in [1.807, 2.05) is 48.5 Å². The first-order valence-corrected chi connectivity index (χ1v) is 20.0. The summed E-state index contributed by atoms with van der Waals surface area (Å²) in [6, 6.07) is 45.3. The molecule has 0 aliphatic heterocycles. The molecule has 325 valence electrons. The van der Waals surface area contributed by atoms with Crippen LogP contribution in [0.15, 0.2) is 150 Å². The van der Waals surface area contributed by atoms with Crippen molar-refractivity contribution < 1.29 is 55.5 Å². The molecular weight excluding hydrogens is 978 g/mol. The fourth-order valence-electron chi connectivity index (χ4n) is 7.52. The smallest absolute Gasteiger partial charge is 0.393 e. The number of alkyl halides is 3. The van der Waals surface area contributed by atoms with E-state index in [1.54, 1.807) is 64.1 Å². The Labute approximate surface area is 406 Å². The van der Waals surface area contributed by atoms with Crippen molar-refractivity contribution in [2.45, 2.75) is 72.6 Å². The van der Waals surface area contributed by atoms with E-state index in [1.165, 1.54) is 24.4 Å². The van der Waals surface area contributed by atoms with Crippen molar-refractivity contribution in [3.8, 4) is 55.9 Å². The minimum absolute atomic E-state index is 0. The van der Waals surface area contributed by atoms with Crippen molar-refractivity contribution in [2.24, 2.45) is 0 Å². The second-order valence-electron chi connectivity index (χ2n) is 15.4. The number of fused-ring (bicyclic) bond motifs is 3. The summed E-state index contributed by atoms with van der Waals surface area (Å²) in [6.07, 6.45) is -6.96. The molecule has 1 radical (unpaired) electrons. The summed E-state index contributed by atoms with van der Waals surface area (Å²) in [6.45, 7) is -0.729. The molecule has 0 aliphatic rings. The van der Waals surface area contributed by atoms with E-state index in [9.17, 15) is 15.9 Å². The zero-order valence-electron chi connectivity index (χ0n) is 48.1. The topological polar surface area (TPSA) is 38.9 Å². The third kappa shape index (κ3) is 9.97. The van der Waals surface area contributed by atoms with E-state index in [0.29, 0.717) is 50.2 Å². The maximum atomic E-state index is 13.0. The van der Waals surface area contributed by atoms with Crippen LogP contribution in [0.2, 0.25) is 0 Å². The zero-order valence-corrected chi connectivity index (χ0v) is 37.5. The average molecular weight is 1040 g/mol. The van der Waals surface area contributed by atoms with Gasteiger partial charge in [-0.05, 0) is 117 Å². The Morgan fingerprint density at radius 2 is 1.31 bits per heavy atom. The molecule has 0 saturated carbocycles. The van der Waals surface area contributed by atoms with E-state index < -0.39 is 56.0 Å². The minimum Gasteiger partial charge on any atom is -0.501 e. The number of furan rings is 1. The Morgan fingerprint density at radius 1 is 0.656 bits per heavy atom. The van der Waals surface area contributed by atoms with Gasteiger partial charge in [-0.1, -0.05) is 130 Å². The molecule has 0 N–H and O–H groups in total. The molecule has 9 aromatic rings. The van der Waals surface area contributed by atoms with Gasteiger partial charge in [0, 0.05) is 55.7 Å². The first-order chi connectivity index (χ1) is 35.2. The monoisotopic (exact) mass is 1040 g/mol. The van der Waals surface area contributed by atoms with Crippen LogP contribution in [0, 0.1) is 32.7 Å². The number of pyridine rings is 2. The van der Waals surface area contributed by atoms with Gasteiger partial charge < -0.3 is 14.4 Å². The van der Waals surface area contributed by atoms with E-state index in [2.05, 4.69) is 46.4 Å². The van der Waals surface area contributed by atoms with Gasteiger partial charge in [-0.25, -0.2) is 0 Å². The first-order valence-electron chi connectivity index (χ1n) is 26.5. The first kappa shape index (κ1) is 31.7. The van der Waals surface area contributed by atoms with E-state index in [-0.39, 0.29) is 36.9 Å². The molecule has 0 aliphatic carbocycles. The summed E-state index contributed by atoms with van der Waals surface area (Å²) >= 11 is 0. The van der Waals surface area contributed by atoms with Gasteiger partial charge in [-0.15, -0.1) is 54.1 Å². The summed E-state index contributed by atoms with van der Waals surface area (Å²) in [7, 11) is 0. The largest absolute Gasteiger partial charge is 0.501 e. The van der Waals surface area contributed by atoms with Crippen LogP contribution < -0.4 is 0 Å². The maximum Gasteiger partial charge on any atom is 0.393 e. The Morgan fingerprint density at radius 3 is 1.95 bits per heavy atom. The van der Waals surface area contributed by atoms with Crippen LogP contribution >= 0.6 is 0 Å². The molecule has 0 amide bonds. The van der Waals surface area contributed by atoms with Crippen LogP contribution in [0.25, 0.3) is 77.8 Å². The van der Waals surface area contributed by atoms with E-state index in [0.717, 1.165) is 45.3 Å². The summed E-state index contributed by atoms with van der Waals surface area (Å²) in [5, 5.41) is 1.46. The summed E-state index contributed by atoms with van der Waals surface area (Å²) in [5.41, 5.74) is 6.35. The molecule has 3 aromatic heterocycles. The molecule has 9 rings (SSSR count). The predicted molar refractivity (Wildman–Crippen MR) is 253 cm³/mol. The molecule has 3 heterocycles. The zero-order chi connectivity index (χ0) is 55.6. The molecule has 6 aromatic carbocycles. The number of hydrogen-bond donors (Lipinski definition) is 0. The fraction of sp³-hybridized carbons (Fsp3) is 0.193. The Bertz CT molecular complexity index is 3550. The van der Waals surface area contributed by atoms with Gasteiger partial charge in [0.2, 0.25) is 0 Å². The van der Waals surface area contributed by atoms with Crippen molar-refractivity contribution in [3.05, 3.63) is 191 Å². The number of hydrogen-bond acceptors (Lipinski definition) is 3. The number of benzene rings is 6. The fourth-order valence-corrected chi connectivity index (χ4v) is 7.52. The molecule has 0 atom stereocenters. The summed E-state index contributed by atoms with van der Waals surface area (Å²) < 4.78 is 150. The molecule has 64 heavy (non-hydrogen) atoms. The van der Waals surface area contributed by atoms with Crippen molar-refractivity contribution in [2.75, 3.05) is 0 Å².